The molecule has 0 saturated carbocycles. The van der Waals surface area contributed by atoms with E-state index in [2.05, 4.69) is 0 Å². The van der Waals surface area contributed by atoms with Gasteiger partial charge in [0.1, 0.15) is 9.84 Å². The van der Waals surface area contributed by atoms with Crippen molar-refractivity contribution in [3.8, 4) is 0 Å². The van der Waals surface area contributed by atoms with Crippen molar-refractivity contribution in [2.75, 3.05) is 36.2 Å². The molecule has 0 aliphatic carbocycles. The van der Waals surface area contributed by atoms with E-state index in [1.54, 1.807) is 30.1 Å². The molecule has 0 fully saturated rings. The molecule has 1 aromatic carbocycles. The van der Waals surface area contributed by atoms with E-state index >= 15 is 0 Å². The molecule has 0 aromatic heterocycles. The van der Waals surface area contributed by atoms with E-state index in [1.165, 1.54) is 13.2 Å². The number of nitrogen functional groups attached to an aromatic ring is 1. The number of rotatable bonds is 5. The first-order chi connectivity index (χ1) is 8.20. The van der Waals surface area contributed by atoms with Gasteiger partial charge in [-0.25, -0.2) is 8.42 Å². The van der Waals surface area contributed by atoms with Crippen LogP contribution in [0.3, 0.4) is 0 Å². The van der Waals surface area contributed by atoms with Crippen LogP contribution in [0.2, 0.25) is 0 Å². The average molecular weight is 270 g/mol. The monoisotopic (exact) mass is 270 g/mol. The van der Waals surface area contributed by atoms with Gasteiger partial charge in [-0.1, -0.05) is 0 Å². The number of hydrogen-bond acceptors (Lipinski definition) is 5. The van der Waals surface area contributed by atoms with Gasteiger partial charge in [-0.3, -0.25) is 4.79 Å². The molecule has 0 amide bonds. The predicted molar refractivity (Wildman–Crippen MR) is 73.8 cm³/mol. The van der Waals surface area contributed by atoms with Gasteiger partial charge in [-0.15, -0.1) is 0 Å². The minimum Gasteiger partial charge on any atom is -0.398 e. The van der Waals surface area contributed by atoms with Crippen molar-refractivity contribution in [2.24, 2.45) is 0 Å². The first-order valence-electron chi connectivity index (χ1n) is 5.50. The topological polar surface area (TPSA) is 80.5 Å². The molecule has 6 heteroatoms. The van der Waals surface area contributed by atoms with Gasteiger partial charge >= 0.3 is 0 Å². The fourth-order valence-corrected chi connectivity index (χ4v) is 2.12. The molecule has 0 saturated heterocycles. The van der Waals surface area contributed by atoms with E-state index in [4.69, 9.17) is 5.73 Å². The van der Waals surface area contributed by atoms with Gasteiger partial charge in [0.2, 0.25) is 0 Å². The quantitative estimate of drug-likeness (QED) is 0.636. The summed E-state index contributed by atoms with van der Waals surface area (Å²) in [6.07, 6.45) is 1.20. The highest BCUT2D eigenvalue weighted by Crippen LogP contribution is 2.20. The summed E-state index contributed by atoms with van der Waals surface area (Å²) in [5.74, 6) is -0.0330. The lowest BCUT2D eigenvalue weighted by Gasteiger charge is -2.19. The van der Waals surface area contributed by atoms with Crippen LogP contribution >= 0.6 is 0 Å². The zero-order chi connectivity index (χ0) is 13.9. The molecule has 5 nitrogen and oxygen atoms in total. The summed E-state index contributed by atoms with van der Waals surface area (Å²) in [4.78, 5) is 13.1. The molecule has 2 N–H and O–H groups in total. The Morgan fingerprint density at radius 3 is 2.50 bits per heavy atom. The van der Waals surface area contributed by atoms with Crippen LogP contribution in [0.1, 0.15) is 17.3 Å². The Hall–Kier alpha value is -1.56. The normalized spacial score (nSPS) is 11.3. The average Bonchev–Trinajstić information content (AvgIpc) is 2.25. The highest BCUT2D eigenvalue weighted by molar-refractivity contribution is 7.90. The number of benzene rings is 1. The van der Waals surface area contributed by atoms with E-state index in [0.29, 0.717) is 17.8 Å². The third-order valence-electron chi connectivity index (χ3n) is 2.65. The molecule has 0 radical (unpaired) electrons. The number of hydrogen-bond donors (Lipinski definition) is 1. The summed E-state index contributed by atoms with van der Waals surface area (Å²) in [5, 5.41) is 0. The van der Waals surface area contributed by atoms with E-state index in [0.717, 1.165) is 5.69 Å². The third-order valence-corrected chi connectivity index (χ3v) is 3.58. The Morgan fingerprint density at radius 2 is 2.00 bits per heavy atom. The Labute approximate surface area is 108 Å². The van der Waals surface area contributed by atoms with Gasteiger partial charge in [-0.2, -0.15) is 0 Å². The van der Waals surface area contributed by atoms with E-state index < -0.39 is 9.84 Å². The number of nitrogens with two attached hydrogens (primary N) is 1. The Balaban J connectivity index is 2.90. The van der Waals surface area contributed by atoms with Crippen molar-refractivity contribution < 1.29 is 13.2 Å². The molecule has 0 spiro atoms. The summed E-state index contributed by atoms with van der Waals surface area (Å²) in [7, 11) is -1.22. The van der Waals surface area contributed by atoms with Gasteiger partial charge in [0.25, 0.3) is 0 Å². The number of nitrogens with zero attached hydrogens (tertiary/aromatic N) is 1. The van der Waals surface area contributed by atoms with Crippen molar-refractivity contribution in [3.63, 3.8) is 0 Å². The summed E-state index contributed by atoms with van der Waals surface area (Å²) in [5.41, 5.74) is 7.36. The largest absolute Gasteiger partial charge is 0.398 e. The third kappa shape index (κ3) is 4.03. The summed E-state index contributed by atoms with van der Waals surface area (Å²) in [6, 6.07) is 5.10. The molecule has 1 aromatic rings. The van der Waals surface area contributed by atoms with E-state index in [-0.39, 0.29) is 11.5 Å². The van der Waals surface area contributed by atoms with E-state index in [9.17, 15) is 13.2 Å². The second kappa shape index (κ2) is 5.39. The number of Topliss-reactive ketones (excluding diaryl/α,β-unsaturated/α-hetero) is 1. The lowest BCUT2D eigenvalue weighted by molar-refractivity contribution is 0.101. The maximum absolute atomic E-state index is 11.4. The van der Waals surface area contributed by atoms with Gasteiger partial charge in [0.15, 0.2) is 5.78 Å². The molecule has 0 bridgehead atoms. The lowest BCUT2D eigenvalue weighted by atomic mass is 10.1. The smallest absolute Gasteiger partial charge is 0.161 e. The minimum atomic E-state index is -3.00. The SMILES string of the molecule is CC(=O)c1cc(N(C)CCS(C)(=O)=O)ccc1N. The maximum Gasteiger partial charge on any atom is 0.161 e. The Morgan fingerprint density at radius 1 is 1.39 bits per heavy atom. The maximum atomic E-state index is 11.4. The lowest BCUT2D eigenvalue weighted by Crippen LogP contribution is -2.25. The van der Waals surface area contributed by atoms with Gasteiger partial charge in [-0.05, 0) is 25.1 Å². The Bertz CT molecular complexity index is 552. The van der Waals surface area contributed by atoms with Gasteiger partial charge in [0, 0.05) is 36.8 Å². The number of anilines is 2. The van der Waals surface area contributed by atoms with E-state index in [1.807, 2.05) is 0 Å². The summed E-state index contributed by atoms with van der Waals surface area (Å²) in [6.45, 7) is 1.83. The molecule has 0 atom stereocenters. The van der Waals surface area contributed by atoms with Gasteiger partial charge < -0.3 is 10.6 Å². The molecular formula is C12H18N2O3S. The van der Waals surface area contributed by atoms with Crippen LogP contribution < -0.4 is 10.6 Å². The van der Waals surface area contributed by atoms with Crippen LogP contribution in [0.4, 0.5) is 11.4 Å². The highest BCUT2D eigenvalue weighted by Gasteiger charge is 2.10. The predicted octanol–water partition coefficient (Wildman–Crippen LogP) is 0.952. The second-order valence-corrected chi connectivity index (χ2v) is 6.64. The van der Waals surface area contributed by atoms with Crippen LogP contribution in [0.25, 0.3) is 0 Å². The first kappa shape index (κ1) is 14.5. The van der Waals surface area contributed by atoms with Crippen LogP contribution in [0, 0.1) is 0 Å². The zero-order valence-electron chi connectivity index (χ0n) is 10.8. The molecule has 100 valence electrons. The molecule has 0 unspecified atom stereocenters. The molecule has 0 heterocycles. The number of sulfone groups is 1. The fraction of sp³-hybridized carbons (Fsp3) is 0.417. The first-order valence-corrected chi connectivity index (χ1v) is 7.56. The number of ketones is 1. The molecule has 0 aliphatic heterocycles. The molecule has 0 aliphatic rings. The van der Waals surface area contributed by atoms with Crippen LogP contribution in [0.15, 0.2) is 18.2 Å². The standard InChI is InChI=1S/C12H18N2O3S/c1-9(15)11-8-10(4-5-12(11)13)14(2)6-7-18(3,16)17/h4-5,8H,6-7,13H2,1-3H3. The van der Waals surface area contributed by atoms with Crippen LogP contribution in [-0.4, -0.2) is 39.8 Å². The van der Waals surface area contributed by atoms with Crippen molar-refractivity contribution in [2.45, 2.75) is 6.92 Å². The fourth-order valence-electron chi connectivity index (χ4n) is 1.52. The minimum absolute atomic E-state index is 0.0727. The number of carbonyl (C=O) groups excluding carboxylic acids is 1. The second-order valence-electron chi connectivity index (χ2n) is 4.38. The molecular weight excluding hydrogens is 252 g/mol. The van der Waals surface area contributed by atoms with Crippen molar-refractivity contribution in [1.82, 2.24) is 0 Å². The van der Waals surface area contributed by atoms with Gasteiger partial charge in [0.05, 0.1) is 5.75 Å². The Kier molecular flexibility index (Phi) is 4.34. The summed E-state index contributed by atoms with van der Waals surface area (Å²) < 4.78 is 22.2. The molecule has 1 rings (SSSR count). The van der Waals surface area contributed by atoms with Crippen LogP contribution in [-0.2, 0) is 9.84 Å². The highest BCUT2D eigenvalue weighted by atomic mass is 32.2. The summed E-state index contributed by atoms with van der Waals surface area (Å²) >= 11 is 0. The zero-order valence-corrected chi connectivity index (χ0v) is 11.6. The number of carbonyl (C=O) groups is 1. The van der Waals surface area contributed by atoms with Crippen molar-refractivity contribution in [3.05, 3.63) is 23.8 Å². The van der Waals surface area contributed by atoms with Crippen molar-refractivity contribution >= 4 is 27.0 Å². The van der Waals surface area contributed by atoms with Crippen molar-refractivity contribution in [1.29, 1.82) is 0 Å². The van der Waals surface area contributed by atoms with Crippen LogP contribution in [0.5, 0.6) is 0 Å². The molecule has 18 heavy (non-hydrogen) atoms.